The number of amides is 2. The molecule has 4 rings (SSSR count). The van der Waals surface area contributed by atoms with Gasteiger partial charge in [-0.05, 0) is 36.2 Å². The SMILES string of the molecule is N#CC(C(=O)Nc1ccccc1)=C1SC(Cc2ccccc2)C(=O)N1c1ccccc1. The topological polar surface area (TPSA) is 73.2 Å². The van der Waals surface area contributed by atoms with Crippen molar-refractivity contribution in [2.75, 3.05) is 10.2 Å². The number of nitrogens with zero attached hydrogens (tertiary/aromatic N) is 2. The van der Waals surface area contributed by atoms with Crippen LogP contribution in [0.2, 0.25) is 0 Å². The molecule has 3 aromatic carbocycles. The molecule has 1 unspecified atom stereocenters. The average molecular weight is 426 g/mol. The molecule has 1 fully saturated rings. The molecular weight excluding hydrogens is 406 g/mol. The van der Waals surface area contributed by atoms with E-state index < -0.39 is 11.2 Å². The van der Waals surface area contributed by atoms with Crippen molar-refractivity contribution >= 4 is 35.0 Å². The first-order chi connectivity index (χ1) is 15.2. The van der Waals surface area contributed by atoms with E-state index in [2.05, 4.69) is 5.32 Å². The summed E-state index contributed by atoms with van der Waals surface area (Å²) in [6.45, 7) is 0. The van der Waals surface area contributed by atoms with Crippen molar-refractivity contribution in [1.82, 2.24) is 0 Å². The van der Waals surface area contributed by atoms with Crippen molar-refractivity contribution in [3.05, 3.63) is 107 Å². The van der Waals surface area contributed by atoms with Crippen LogP contribution < -0.4 is 10.2 Å². The van der Waals surface area contributed by atoms with Crippen LogP contribution >= 0.6 is 11.8 Å². The number of benzene rings is 3. The van der Waals surface area contributed by atoms with Gasteiger partial charge in [-0.15, -0.1) is 0 Å². The smallest absolute Gasteiger partial charge is 0.269 e. The summed E-state index contributed by atoms with van der Waals surface area (Å²) < 4.78 is 0. The average Bonchev–Trinajstić information content (AvgIpc) is 3.11. The molecule has 0 saturated carbocycles. The lowest BCUT2D eigenvalue weighted by Crippen LogP contribution is -2.30. The Morgan fingerprint density at radius 1 is 0.935 bits per heavy atom. The van der Waals surface area contributed by atoms with Crippen molar-refractivity contribution < 1.29 is 9.59 Å². The maximum absolute atomic E-state index is 13.4. The molecule has 2 amide bonds. The van der Waals surface area contributed by atoms with Gasteiger partial charge in [-0.25, -0.2) is 0 Å². The molecule has 1 N–H and O–H groups in total. The third kappa shape index (κ3) is 4.52. The highest BCUT2D eigenvalue weighted by Crippen LogP contribution is 2.41. The lowest BCUT2D eigenvalue weighted by atomic mass is 10.1. The van der Waals surface area contributed by atoms with Crippen LogP contribution in [0.3, 0.4) is 0 Å². The third-order valence-corrected chi connectivity index (χ3v) is 6.08. The standard InChI is InChI=1S/C25H19N3O2S/c26-17-21(23(29)27-19-12-6-2-7-13-19)25-28(20-14-8-3-9-15-20)24(30)22(31-25)16-18-10-4-1-5-11-18/h1-15,22H,16H2,(H,27,29). The van der Waals surface area contributed by atoms with E-state index in [0.29, 0.717) is 22.8 Å². The van der Waals surface area contributed by atoms with Crippen molar-refractivity contribution in [2.24, 2.45) is 0 Å². The Morgan fingerprint density at radius 2 is 1.52 bits per heavy atom. The van der Waals surface area contributed by atoms with Gasteiger partial charge in [0.1, 0.15) is 16.7 Å². The van der Waals surface area contributed by atoms with E-state index in [1.807, 2.05) is 60.7 Å². The predicted molar refractivity (Wildman–Crippen MR) is 123 cm³/mol. The highest BCUT2D eigenvalue weighted by Gasteiger charge is 2.40. The molecule has 6 heteroatoms. The molecule has 5 nitrogen and oxygen atoms in total. The Morgan fingerprint density at radius 3 is 2.13 bits per heavy atom. The lowest BCUT2D eigenvalue weighted by molar-refractivity contribution is -0.117. The van der Waals surface area contributed by atoms with Crippen LogP contribution in [0.15, 0.2) is 102 Å². The number of carbonyl (C=O) groups excluding carboxylic acids is 2. The Hall–Kier alpha value is -3.82. The molecule has 1 aliphatic rings. The summed E-state index contributed by atoms with van der Waals surface area (Å²) >= 11 is 1.26. The minimum Gasteiger partial charge on any atom is -0.321 e. The molecule has 3 aromatic rings. The minimum atomic E-state index is -0.537. The van der Waals surface area contributed by atoms with E-state index in [-0.39, 0.29) is 11.5 Å². The van der Waals surface area contributed by atoms with Crippen LogP contribution in [-0.4, -0.2) is 17.1 Å². The van der Waals surface area contributed by atoms with Crippen LogP contribution in [0.25, 0.3) is 0 Å². The molecule has 0 radical (unpaired) electrons. The van der Waals surface area contributed by atoms with Crippen molar-refractivity contribution in [1.29, 1.82) is 5.26 Å². The largest absolute Gasteiger partial charge is 0.321 e. The van der Waals surface area contributed by atoms with Crippen LogP contribution in [0.1, 0.15) is 5.56 Å². The number of rotatable bonds is 5. The van der Waals surface area contributed by atoms with Gasteiger partial charge in [0, 0.05) is 11.4 Å². The number of hydrogen-bond acceptors (Lipinski definition) is 4. The molecule has 1 saturated heterocycles. The number of para-hydroxylation sites is 2. The maximum atomic E-state index is 13.4. The molecular formula is C25H19N3O2S. The zero-order valence-corrected chi connectivity index (χ0v) is 17.4. The number of anilines is 2. The maximum Gasteiger partial charge on any atom is 0.269 e. The molecule has 0 aromatic heterocycles. The number of nitrogens with one attached hydrogen (secondary N) is 1. The first kappa shape index (κ1) is 20.5. The van der Waals surface area contributed by atoms with Crippen LogP contribution in [0.5, 0.6) is 0 Å². The van der Waals surface area contributed by atoms with Gasteiger partial charge >= 0.3 is 0 Å². The quantitative estimate of drug-likeness (QED) is 0.473. The Kier molecular flexibility index (Phi) is 6.16. The zero-order valence-electron chi connectivity index (χ0n) is 16.6. The van der Waals surface area contributed by atoms with Gasteiger partial charge in [-0.1, -0.05) is 78.5 Å². The predicted octanol–water partition coefficient (Wildman–Crippen LogP) is 4.75. The summed E-state index contributed by atoms with van der Waals surface area (Å²) in [6.07, 6.45) is 0.510. The second kappa shape index (κ2) is 9.33. The highest BCUT2D eigenvalue weighted by atomic mass is 32.2. The first-order valence-corrected chi connectivity index (χ1v) is 10.7. The second-order valence-corrected chi connectivity index (χ2v) is 8.11. The summed E-state index contributed by atoms with van der Waals surface area (Å²) in [5.41, 5.74) is 2.16. The molecule has 1 atom stereocenters. The van der Waals surface area contributed by atoms with Gasteiger partial charge in [-0.2, -0.15) is 5.26 Å². The first-order valence-electron chi connectivity index (χ1n) is 9.78. The molecule has 31 heavy (non-hydrogen) atoms. The minimum absolute atomic E-state index is 0.0818. The fourth-order valence-corrected chi connectivity index (χ4v) is 4.65. The molecule has 1 aliphatic heterocycles. The van der Waals surface area contributed by atoms with Gasteiger partial charge in [0.2, 0.25) is 5.91 Å². The normalized spacial score (nSPS) is 17.2. The third-order valence-electron chi connectivity index (χ3n) is 4.82. The van der Waals surface area contributed by atoms with E-state index in [0.717, 1.165) is 5.56 Å². The molecule has 0 bridgehead atoms. The van der Waals surface area contributed by atoms with Crippen LogP contribution in [0.4, 0.5) is 11.4 Å². The number of hydrogen-bond donors (Lipinski definition) is 1. The van der Waals surface area contributed by atoms with Gasteiger partial charge in [0.25, 0.3) is 5.91 Å². The van der Waals surface area contributed by atoms with Crippen molar-refractivity contribution in [3.8, 4) is 6.07 Å². The fourth-order valence-electron chi connectivity index (χ4n) is 3.34. The van der Waals surface area contributed by atoms with E-state index in [9.17, 15) is 14.9 Å². The molecule has 1 heterocycles. The summed E-state index contributed by atoms with van der Waals surface area (Å²) in [7, 11) is 0. The number of carbonyl (C=O) groups is 2. The number of nitriles is 1. The van der Waals surface area contributed by atoms with Crippen molar-refractivity contribution in [2.45, 2.75) is 11.7 Å². The Labute approximate surface area is 185 Å². The van der Waals surface area contributed by atoms with Crippen LogP contribution in [-0.2, 0) is 16.0 Å². The molecule has 0 aliphatic carbocycles. The molecule has 152 valence electrons. The molecule has 0 spiro atoms. The van der Waals surface area contributed by atoms with Gasteiger partial charge < -0.3 is 5.32 Å². The summed E-state index contributed by atoms with van der Waals surface area (Å²) in [4.78, 5) is 27.8. The Balaban J connectivity index is 1.71. The zero-order chi connectivity index (χ0) is 21.6. The lowest BCUT2D eigenvalue weighted by Gasteiger charge is -2.18. The highest BCUT2D eigenvalue weighted by molar-refractivity contribution is 8.05. The fraction of sp³-hybridized carbons (Fsp3) is 0.0800. The number of thioether (sulfide) groups is 1. The summed E-state index contributed by atoms with van der Waals surface area (Å²) in [5, 5.41) is 12.5. The van der Waals surface area contributed by atoms with Gasteiger partial charge in [0.05, 0.1) is 5.25 Å². The summed E-state index contributed by atoms with van der Waals surface area (Å²) in [5.74, 6) is -0.680. The van der Waals surface area contributed by atoms with E-state index >= 15 is 0 Å². The van der Waals surface area contributed by atoms with Crippen LogP contribution in [0, 0.1) is 11.3 Å². The van der Waals surface area contributed by atoms with Gasteiger partial charge in [0.15, 0.2) is 0 Å². The van der Waals surface area contributed by atoms with E-state index in [4.69, 9.17) is 0 Å². The van der Waals surface area contributed by atoms with Gasteiger partial charge in [-0.3, -0.25) is 14.5 Å². The van der Waals surface area contributed by atoms with Crippen molar-refractivity contribution in [3.63, 3.8) is 0 Å². The second-order valence-electron chi connectivity index (χ2n) is 6.92. The van der Waals surface area contributed by atoms with E-state index in [1.54, 1.807) is 36.4 Å². The monoisotopic (exact) mass is 425 g/mol. The summed E-state index contributed by atoms with van der Waals surface area (Å²) in [6, 6.07) is 29.8. The van der Waals surface area contributed by atoms with E-state index in [1.165, 1.54) is 16.7 Å². The Bertz CT molecular complexity index is 1160.